The summed E-state index contributed by atoms with van der Waals surface area (Å²) < 4.78 is 4.93. The fraction of sp³-hybridized carbons (Fsp3) is 0.667. The molecule has 0 amide bonds. The van der Waals surface area contributed by atoms with Gasteiger partial charge in [-0.25, -0.2) is 0 Å². The maximum atomic E-state index is 5.76. The molecule has 0 unspecified atom stereocenters. The highest BCUT2D eigenvalue weighted by Gasteiger charge is 2.15. The lowest BCUT2D eigenvalue weighted by Crippen LogP contribution is -2.25. The molecule has 1 saturated heterocycles. The molecule has 1 aliphatic heterocycles. The molecule has 1 N–H and O–H groups in total. The van der Waals surface area contributed by atoms with Crippen LogP contribution in [0.4, 0.5) is 5.95 Å². The predicted molar refractivity (Wildman–Crippen MR) is 65.4 cm³/mol. The number of nitrogens with one attached hydrogen (secondary N) is 1. The van der Waals surface area contributed by atoms with E-state index in [0.717, 1.165) is 12.8 Å². The number of aromatic nitrogens is 3. The van der Waals surface area contributed by atoms with Crippen LogP contribution in [0.3, 0.4) is 0 Å². The molecule has 88 valence electrons. The van der Waals surface area contributed by atoms with Gasteiger partial charge in [0.2, 0.25) is 11.2 Å². The molecule has 5 nitrogen and oxygen atoms in total. The largest absolute Gasteiger partial charge is 0.467 e. The second-order valence-corrected chi connectivity index (χ2v) is 5.01. The maximum absolute atomic E-state index is 5.76. The second kappa shape index (κ2) is 5.54. The number of thioether (sulfide) groups is 1. The lowest BCUT2D eigenvalue weighted by atomic mass is 10.2. The van der Waals surface area contributed by atoms with Crippen LogP contribution in [0.15, 0.2) is 0 Å². The number of halogens is 1. The van der Waals surface area contributed by atoms with E-state index in [-0.39, 0.29) is 11.3 Å². The van der Waals surface area contributed by atoms with Crippen molar-refractivity contribution < 1.29 is 4.74 Å². The Hall–Kier alpha value is -0.750. The molecule has 16 heavy (non-hydrogen) atoms. The standard InChI is InChI=1S/C9H13ClN4OS/c1-15-9-13-7(10)12-8(14-9)11-6-2-4-16-5-3-6/h6H,2-5H2,1H3,(H,11,12,13,14). The van der Waals surface area contributed by atoms with Crippen LogP contribution in [0, 0.1) is 0 Å². The Morgan fingerprint density at radius 2 is 2.06 bits per heavy atom. The van der Waals surface area contributed by atoms with Gasteiger partial charge in [-0.2, -0.15) is 26.7 Å². The first-order valence-corrected chi connectivity index (χ1v) is 6.61. The van der Waals surface area contributed by atoms with Gasteiger partial charge in [0.25, 0.3) is 0 Å². The monoisotopic (exact) mass is 260 g/mol. The average molecular weight is 261 g/mol. The molecule has 0 bridgehead atoms. The molecule has 0 atom stereocenters. The van der Waals surface area contributed by atoms with Crippen molar-refractivity contribution in [1.29, 1.82) is 0 Å². The van der Waals surface area contributed by atoms with Crippen molar-refractivity contribution in [3.8, 4) is 6.01 Å². The van der Waals surface area contributed by atoms with Crippen molar-refractivity contribution in [1.82, 2.24) is 15.0 Å². The minimum absolute atomic E-state index is 0.152. The van der Waals surface area contributed by atoms with Gasteiger partial charge in [-0.15, -0.1) is 0 Å². The predicted octanol–water partition coefficient (Wildman–Crippen LogP) is 1.84. The number of nitrogens with zero attached hydrogens (tertiary/aromatic N) is 3. The van der Waals surface area contributed by atoms with E-state index in [2.05, 4.69) is 20.3 Å². The van der Waals surface area contributed by atoms with E-state index in [9.17, 15) is 0 Å². The third-order valence-corrected chi connectivity index (χ3v) is 3.54. The van der Waals surface area contributed by atoms with Crippen LogP contribution >= 0.6 is 23.4 Å². The van der Waals surface area contributed by atoms with E-state index in [4.69, 9.17) is 16.3 Å². The summed E-state index contributed by atoms with van der Waals surface area (Å²) in [4.78, 5) is 11.9. The van der Waals surface area contributed by atoms with Crippen molar-refractivity contribution in [3.63, 3.8) is 0 Å². The third-order valence-electron chi connectivity index (χ3n) is 2.32. The summed E-state index contributed by atoms with van der Waals surface area (Å²) in [7, 11) is 1.51. The number of ether oxygens (including phenoxy) is 1. The second-order valence-electron chi connectivity index (χ2n) is 3.45. The van der Waals surface area contributed by atoms with Gasteiger partial charge >= 0.3 is 6.01 Å². The van der Waals surface area contributed by atoms with Crippen molar-refractivity contribution in [2.24, 2.45) is 0 Å². The smallest absolute Gasteiger partial charge is 0.322 e. The Bertz CT molecular complexity index is 359. The first-order chi connectivity index (χ1) is 7.78. The fourth-order valence-corrected chi connectivity index (χ4v) is 2.77. The van der Waals surface area contributed by atoms with Gasteiger partial charge in [0, 0.05) is 6.04 Å². The van der Waals surface area contributed by atoms with Crippen LogP contribution in [0.25, 0.3) is 0 Å². The van der Waals surface area contributed by atoms with Gasteiger partial charge in [0.15, 0.2) is 0 Å². The van der Waals surface area contributed by atoms with Crippen molar-refractivity contribution >= 4 is 29.3 Å². The SMILES string of the molecule is COc1nc(Cl)nc(NC2CCSCC2)n1. The molecule has 0 saturated carbocycles. The van der Waals surface area contributed by atoms with Crippen LogP contribution in [0.2, 0.25) is 5.28 Å². The highest BCUT2D eigenvalue weighted by Crippen LogP contribution is 2.20. The van der Waals surface area contributed by atoms with E-state index < -0.39 is 0 Å². The van der Waals surface area contributed by atoms with Gasteiger partial charge in [0.1, 0.15) is 0 Å². The van der Waals surface area contributed by atoms with Gasteiger partial charge in [-0.3, -0.25) is 0 Å². The highest BCUT2D eigenvalue weighted by molar-refractivity contribution is 7.99. The van der Waals surface area contributed by atoms with Gasteiger partial charge in [-0.1, -0.05) is 0 Å². The normalized spacial score (nSPS) is 17.1. The Morgan fingerprint density at radius 1 is 1.31 bits per heavy atom. The highest BCUT2D eigenvalue weighted by atomic mass is 35.5. The summed E-state index contributed by atoms with van der Waals surface area (Å²) in [5, 5.41) is 3.41. The summed E-state index contributed by atoms with van der Waals surface area (Å²) in [6, 6.07) is 0.664. The van der Waals surface area contributed by atoms with E-state index in [0.29, 0.717) is 12.0 Å². The molecule has 1 aliphatic rings. The molecule has 1 fully saturated rings. The Labute approximate surface area is 103 Å². The molecule has 0 spiro atoms. The first kappa shape index (κ1) is 11.7. The Morgan fingerprint density at radius 3 is 2.75 bits per heavy atom. The molecule has 1 aromatic rings. The summed E-state index contributed by atoms with van der Waals surface area (Å²) in [6.45, 7) is 0. The molecule has 2 heterocycles. The van der Waals surface area contributed by atoms with Crippen molar-refractivity contribution in [3.05, 3.63) is 5.28 Å². The summed E-state index contributed by atoms with van der Waals surface area (Å²) in [5.74, 6) is 2.84. The molecule has 1 aromatic heterocycles. The Kier molecular flexibility index (Phi) is 4.06. The van der Waals surface area contributed by atoms with Gasteiger partial charge < -0.3 is 10.1 Å². The van der Waals surface area contributed by atoms with Crippen LogP contribution in [0.5, 0.6) is 6.01 Å². The number of hydrogen-bond acceptors (Lipinski definition) is 6. The molecule has 7 heteroatoms. The minimum Gasteiger partial charge on any atom is -0.467 e. The molecule has 2 rings (SSSR count). The molecule has 0 aromatic carbocycles. The van der Waals surface area contributed by atoms with Crippen LogP contribution in [-0.4, -0.2) is 39.6 Å². The maximum Gasteiger partial charge on any atom is 0.322 e. The van der Waals surface area contributed by atoms with E-state index in [1.54, 1.807) is 0 Å². The molecule has 0 aliphatic carbocycles. The summed E-state index contributed by atoms with van der Waals surface area (Å²) >= 11 is 7.74. The third kappa shape index (κ3) is 3.12. The van der Waals surface area contributed by atoms with E-state index in [1.165, 1.54) is 18.6 Å². The number of anilines is 1. The van der Waals surface area contributed by atoms with Crippen molar-refractivity contribution in [2.45, 2.75) is 18.9 Å². The van der Waals surface area contributed by atoms with Crippen molar-refractivity contribution in [2.75, 3.05) is 23.9 Å². The lowest BCUT2D eigenvalue weighted by Gasteiger charge is -2.22. The summed E-state index contributed by atoms with van der Waals surface area (Å²) in [6.07, 6.45) is 2.24. The number of methoxy groups -OCH3 is 1. The quantitative estimate of drug-likeness (QED) is 0.895. The van der Waals surface area contributed by atoms with Gasteiger partial charge in [0.05, 0.1) is 7.11 Å². The fourth-order valence-electron chi connectivity index (χ4n) is 1.51. The minimum atomic E-state index is 0.152. The van der Waals surface area contributed by atoms with E-state index >= 15 is 0 Å². The Balaban J connectivity index is 2.04. The first-order valence-electron chi connectivity index (χ1n) is 5.08. The average Bonchev–Trinajstić information content (AvgIpc) is 2.29. The summed E-state index contributed by atoms with van der Waals surface area (Å²) in [5.41, 5.74) is 0. The van der Waals surface area contributed by atoms with Crippen LogP contribution < -0.4 is 10.1 Å². The topological polar surface area (TPSA) is 59.9 Å². The lowest BCUT2D eigenvalue weighted by molar-refractivity contribution is 0.378. The van der Waals surface area contributed by atoms with Crippen LogP contribution in [0.1, 0.15) is 12.8 Å². The molecular weight excluding hydrogens is 248 g/mol. The molecule has 0 radical (unpaired) electrons. The zero-order valence-corrected chi connectivity index (χ0v) is 10.5. The van der Waals surface area contributed by atoms with Gasteiger partial charge in [-0.05, 0) is 35.9 Å². The number of hydrogen-bond donors (Lipinski definition) is 1. The zero-order chi connectivity index (χ0) is 11.4. The molecular formula is C9H13ClN4OS. The van der Waals surface area contributed by atoms with Crippen LogP contribution in [-0.2, 0) is 0 Å². The zero-order valence-electron chi connectivity index (χ0n) is 8.94. The number of rotatable bonds is 3. The van der Waals surface area contributed by atoms with E-state index in [1.807, 2.05) is 11.8 Å².